The van der Waals surface area contributed by atoms with Crippen molar-refractivity contribution in [1.82, 2.24) is 0 Å². The third-order valence-corrected chi connectivity index (χ3v) is 2.42. The van der Waals surface area contributed by atoms with Crippen LogP contribution in [0.1, 0.15) is 12.5 Å². The van der Waals surface area contributed by atoms with Crippen molar-refractivity contribution in [2.24, 2.45) is 0 Å². The first kappa shape index (κ1) is 14.4. The van der Waals surface area contributed by atoms with Crippen molar-refractivity contribution < 1.29 is 18.9 Å². The van der Waals surface area contributed by atoms with E-state index in [1.54, 1.807) is 21.3 Å². The summed E-state index contributed by atoms with van der Waals surface area (Å²) in [5.41, 5.74) is 0.976. The van der Waals surface area contributed by atoms with Crippen LogP contribution >= 0.6 is 0 Å². The Morgan fingerprint density at radius 2 is 1.61 bits per heavy atom. The molecule has 0 spiro atoms. The molecule has 0 radical (unpaired) electrons. The van der Waals surface area contributed by atoms with Crippen molar-refractivity contribution in [2.45, 2.75) is 6.92 Å². The molecule has 1 aromatic rings. The molecule has 18 heavy (non-hydrogen) atoms. The zero-order valence-corrected chi connectivity index (χ0v) is 11.4. The highest BCUT2D eigenvalue weighted by atomic mass is 16.5. The van der Waals surface area contributed by atoms with E-state index in [0.717, 1.165) is 5.56 Å². The van der Waals surface area contributed by atoms with Crippen LogP contribution in [0.5, 0.6) is 17.2 Å². The maximum atomic E-state index is 5.28. The molecule has 1 rings (SSSR count). The third kappa shape index (κ3) is 3.67. The standard InChI is InChI=1S/C14H20O4/c1-5-18-8-6-7-11-9-12(15-2)14(17-4)13(10-11)16-3/h6-7,9-10H,5,8H2,1-4H3. The average Bonchev–Trinajstić information content (AvgIpc) is 2.42. The summed E-state index contributed by atoms with van der Waals surface area (Å²) < 4.78 is 21.1. The minimum atomic E-state index is 0.590. The quantitative estimate of drug-likeness (QED) is 0.699. The number of ether oxygens (including phenoxy) is 4. The molecule has 0 N–H and O–H groups in total. The van der Waals surface area contributed by atoms with Crippen LogP contribution in [0.2, 0.25) is 0 Å². The van der Waals surface area contributed by atoms with Gasteiger partial charge in [0, 0.05) is 6.61 Å². The van der Waals surface area contributed by atoms with Crippen LogP contribution in [0.3, 0.4) is 0 Å². The molecule has 0 saturated heterocycles. The molecule has 0 bridgehead atoms. The maximum absolute atomic E-state index is 5.28. The van der Waals surface area contributed by atoms with E-state index < -0.39 is 0 Å². The summed E-state index contributed by atoms with van der Waals surface area (Å²) >= 11 is 0. The monoisotopic (exact) mass is 252 g/mol. The van der Waals surface area contributed by atoms with Gasteiger partial charge in [-0.25, -0.2) is 0 Å². The Bertz CT molecular complexity index is 374. The third-order valence-electron chi connectivity index (χ3n) is 2.42. The molecule has 0 saturated carbocycles. The van der Waals surface area contributed by atoms with Crippen LogP contribution in [-0.2, 0) is 4.74 Å². The van der Waals surface area contributed by atoms with Crippen LogP contribution in [0.4, 0.5) is 0 Å². The lowest BCUT2D eigenvalue weighted by molar-refractivity contribution is 0.178. The van der Waals surface area contributed by atoms with Crippen molar-refractivity contribution in [1.29, 1.82) is 0 Å². The first-order valence-electron chi connectivity index (χ1n) is 5.81. The normalized spacial score (nSPS) is 10.7. The van der Waals surface area contributed by atoms with E-state index in [1.165, 1.54) is 0 Å². The molecule has 0 aliphatic rings. The molecule has 0 aromatic heterocycles. The van der Waals surface area contributed by atoms with Crippen molar-refractivity contribution in [2.75, 3.05) is 34.5 Å². The Morgan fingerprint density at radius 1 is 1.00 bits per heavy atom. The van der Waals surface area contributed by atoms with E-state index in [0.29, 0.717) is 30.5 Å². The molecule has 0 aliphatic heterocycles. The second-order valence-corrected chi connectivity index (χ2v) is 3.52. The number of methoxy groups -OCH3 is 3. The van der Waals surface area contributed by atoms with Gasteiger partial charge in [-0.1, -0.05) is 12.2 Å². The molecule has 0 amide bonds. The van der Waals surface area contributed by atoms with Gasteiger partial charge in [0.25, 0.3) is 0 Å². The fraction of sp³-hybridized carbons (Fsp3) is 0.429. The molecule has 0 unspecified atom stereocenters. The summed E-state index contributed by atoms with van der Waals surface area (Å²) in [4.78, 5) is 0. The van der Waals surface area contributed by atoms with Crippen molar-refractivity contribution in [3.8, 4) is 17.2 Å². The highest BCUT2D eigenvalue weighted by Crippen LogP contribution is 2.38. The van der Waals surface area contributed by atoms with Gasteiger partial charge in [0.15, 0.2) is 11.5 Å². The molecule has 0 heterocycles. The second-order valence-electron chi connectivity index (χ2n) is 3.52. The molecule has 4 nitrogen and oxygen atoms in total. The highest BCUT2D eigenvalue weighted by molar-refractivity contribution is 5.62. The summed E-state index contributed by atoms with van der Waals surface area (Å²) in [5, 5.41) is 0. The van der Waals surface area contributed by atoms with Gasteiger partial charge in [-0.2, -0.15) is 0 Å². The zero-order valence-electron chi connectivity index (χ0n) is 11.4. The van der Waals surface area contributed by atoms with Crippen LogP contribution in [0.15, 0.2) is 18.2 Å². The lowest BCUT2D eigenvalue weighted by Gasteiger charge is -2.12. The Balaban J connectivity index is 2.96. The first-order valence-corrected chi connectivity index (χ1v) is 5.81. The molecule has 0 atom stereocenters. The lowest BCUT2D eigenvalue weighted by atomic mass is 10.1. The van der Waals surface area contributed by atoms with Gasteiger partial charge in [-0.3, -0.25) is 0 Å². The van der Waals surface area contributed by atoms with E-state index in [4.69, 9.17) is 18.9 Å². The molecule has 0 aliphatic carbocycles. The zero-order chi connectivity index (χ0) is 13.4. The van der Waals surface area contributed by atoms with Gasteiger partial charge in [0.2, 0.25) is 5.75 Å². The number of hydrogen-bond acceptors (Lipinski definition) is 4. The molecular formula is C14H20O4. The van der Waals surface area contributed by atoms with Gasteiger partial charge in [-0.05, 0) is 24.6 Å². The Labute approximate surface area is 108 Å². The average molecular weight is 252 g/mol. The Kier molecular flexibility index (Phi) is 6.08. The van der Waals surface area contributed by atoms with E-state index in [9.17, 15) is 0 Å². The van der Waals surface area contributed by atoms with E-state index in [1.807, 2.05) is 31.2 Å². The van der Waals surface area contributed by atoms with Crippen molar-refractivity contribution >= 4 is 6.08 Å². The largest absolute Gasteiger partial charge is 0.493 e. The van der Waals surface area contributed by atoms with Gasteiger partial charge in [0.1, 0.15) is 0 Å². The van der Waals surface area contributed by atoms with Gasteiger partial charge >= 0.3 is 0 Å². The van der Waals surface area contributed by atoms with E-state index in [2.05, 4.69) is 0 Å². The van der Waals surface area contributed by atoms with Crippen LogP contribution in [0, 0.1) is 0 Å². The molecule has 1 aromatic carbocycles. The Hall–Kier alpha value is -1.68. The fourth-order valence-electron chi connectivity index (χ4n) is 1.57. The van der Waals surface area contributed by atoms with Crippen LogP contribution < -0.4 is 14.2 Å². The number of hydrogen-bond donors (Lipinski definition) is 0. The van der Waals surface area contributed by atoms with Crippen LogP contribution in [-0.4, -0.2) is 34.5 Å². The predicted octanol–water partition coefficient (Wildman–Crippen LogP) is 2.76. The van der Waals surface area contributed by atoms with Crippen molar-refractivity contribution in [3.05, 3.63) is 23.8 Å². The maximum Gasteiger partial charge on any atom is 0.203 e. The molecule has 0 fully saturated rings. The first-order chi connectivity index (χ1) is 8.76. The van der Waals surface area contributed by atoms with Crippen LogP contribution in [0.25, 0.3) is 6.08 Å². The van der Waals surface area contributed by atoms with E-state index >= 15 is 0 Å². The van der Waals surface area contributed by atoms with Gasteiger partial charge in [-0.15, -0.1) is 0 Å². The summed E-state index contributed by atoms with van der Waals surface area (Å²) in [5.74, 6) is 1.89. The summed E-state index contributed by atoms with van der Waals surface area (Å²) in [6.45, 7) is 3.26. The molecule has 100 valence electrons. The van der Waals surface area contributed by atoms with E-state index in [-0.39, 0.29) is 0 Å². The molecule has 4 heteroatoms. The second kappa shape index (κ2) is 7.61. The number of benzene rings is 1. The molecular weight excluding hydrogens is 232 g/mol. The van der Waals surface area contributed by atoms with Gasteiger partial charge < -0.3 is 18.9 Å². The topological polar surface area (TPSA) is 36.9 Å². The minimum Gasteiger partial charge on any atom is -0.493 e. The minimum absolute atomic E-state index is 0.590. The summed E-state index contributed by atoms with van der Waals surface area (Å²) in [6, 6.07) is 3.79. The Morgan fingerprint density at radius 3 is 2.06 bits per heavy atom. The lowest BCUT2D eigenvalue weighted by Crippen LogP contribution is -1.95. The van der Waals surface area contributed by atoms with Gasteiger partial charge in [0.05, 0.1) is 27.9 Å². The van der Waals surface area contributed by atoms with Crippen molar-refractivity contribution in [3.63, 3.8) is 0 Å². The summed E-state index contributed by atoms with van der Waals surface area (Å²) in [7, 11) is 4.79. The predicted molar refractivity (Wildman–Crippen MR) is 71.6 cm³/mol. The number of rotatable bonds is 7. The highest BCUT2D eigenvalue weighted by Gasteiger charge is 2.11. The fourth-order valence-corrected chi connectivity index (χ4v) is 1.57. The summed E-state index contributed by atoms with van der Waals surface area (Å²) in [6.07, 6.45) is 3.91. The smallest absolute Gasteiger partial charge is 0.203 e. The SMILES string of the molecule is CCOCC=Cc1cc(OC)c(OC)c(OC)c1.